The molecule has 0 radical (unpaired) electrons. The first-order valence-corrected chi connectivity index (χ1v) is 10.5. The summed E-state index contributed by atoms with van der Waals surface area (Å²) >= 11 is 0. The molecule has 0 saturated carbocycles. The van der Waals surface area contributed by atoms with E-state index in [2.05, 4.69) is 42.7 Å². The van der Waals surface area contributed by atoms with Crippen molar-refractivity contribution in [1.29, 1.82) is 0 Å². The lowest BCUT2D eigenvalue weighted by atomic mass is 9.99. The highest BCUT2D eigenvalue weighted by atomic mass is 16.2. The van der Waals surface area contributed by atoms with Crippen molar-refractivity contribution in [3.05, 3.63) is 92.0 Å². The summed E-state index contributed by atoms with van der Waals surface area (Å²) in [7, 11) is 0. The maximum absolute atomic E-state index is 12.6. The molecular weight excluding hydrogens is 396 g/mol. The van der Waals surface area contributed by atoms with Crippen LogP contribution in [0, 0.1) is 0 Å². The summed E-state index contributed by atoms with van der Waals surface area (Å²) < 4.78 is 0. The molecule has 5 rings (SSSR count). The molecule has 0 aliphatic carbocycles. The molecule has 0 spiro atoms. The molecule has 32 heavy (non-hydrogen) atoms. The average molecular weight is 419 g/mol. The highest BCUT2D eigenvalue weighted by molar-refractivity contribution is 6.23. The van der Waals surface area contributed by atoms with Gasteiger partial charge in [-0.15, -0.1) is 13.2 Å². The Labute approximate surface area is 185 Å². The van der Waals surface area contributed by atoms with Crippen LogP contribution in [0.2, 0.25) is 0 Å². The van der Waals surface area contributed by atoms with Crippen LogP contribution in [0.1, 0.15) is 0 Å². The zero-order valence-corrected chi connectivity index (χ0v) is 17.6. The molecule has 0 aliphatic heterocycles. The first-order chi connectivity index (χ1) is 15.7. The van der Waals surface area contributed by atoms with E-state index in [4.69, 9.17) is 9.97 Å². The van der Waals surface area contributed by atoms with Crippen LogP contribution < -0.4 is 5.32 Å². The number of carbonyl (C=O) groups excluding carboxylic acids is 1. The van der Waals surface area contributed by atoms with Crippen LogP contribution in [0.25, 0.3) is 43.6 Å². The van der Waals surface area contributed by atoms with Crippen LogP contribution in [0.15, 0.2) is 92.0 Å². The molecule has 0 unspecified atom stereocenters. The number of fused-ring (bicyclic) bond motifs is 7. The number of anilines is 1. The summed E-state index contributed by atoms with van der Waals surface area (Å²) in [5, 5.41) is 7.40. The number of aromatic nitrogens is 2. The number of rotatable bonds is 5. The third-order valence-corrected chi connectivity index (χ3v) is 5.56. The smallest absolute Gasteiger partial charge is 0.317 e. The summed E-state index contributed by atoms with van der Waals surface area (Å²) in [5.41, 5.74) is 3.92. The zero-order valence-electron chi connectivity index (χ0n) is 17.6. The summed E-state index contributed by atoms with van der Waals surface area (Å²) in [6.07, 6.45) is 3.38. The lowest BCUT2D eigenvalue weighted by molar-refractivity contribution is 0.222. The quantitative estimate of drug-likeness (QED) is 0.207. The molecule has 0 saturated heterocycles. The Balaban J connectivity index is 1.66. The van der Waals surface area contributed by atoms with Crippen molar-refractivity contribution in [2.45, 2.75) is 0 Å². The van der Waals surface area contributed by atoms with Crippen molar-refractivity contribution in [2.75, 3.05) is 18.4 Å². The Morgan fingerprint density at radius 1 is 0.781 bits per heavy atom. The molecule has 156 valence electrons. The monoisotopic (exact) mass is 418 g/mol. The van der Waals surface area contributed by atoms with Crippen molar-refractivity contribution >= 4 is 55.3 Å². The van der Waals surface area contributed by atoms with Crippen LogP contribution in [-0.2, 0) is 0 Å². The summed E-state index contributed by atoms with van der Waals surface area (Å²) in [6, 6.07) is 22.0. The molecule has 4 aromatic carbocycles. The van der Waals surface area contributed by atoms with Gasteiger partial charge < -0.3 is 10.2 Å². The molecular formula is C27H22N4O. The van der Waals surface area contributed by atoms with E-state index < -0.39 is 0 Å². The zero-order chi connectivity index (χ0) is 22.1. The van der Waals surface area contributed by atoms with Crippen molar-refractivity contribution in [2.24, 2.45) is 0 Å². The van der Waals surface area contributed by atoms with Crippen LogP contribution in [0.4, 0.5) is 10.5 Å². The number of amides is 2. The molecule has 0 fully saturated rings. The Morgan fingerprint density at radius 3 is 1.88 bits per heavy atom. The van der Waals surface area contributed by atoms with Crippen molar-refractivity contribution in [3.63, 3.8) is 0 Å². The first-order valence-electron chi connectivity index (χ1n) is 10.5. The number of carbonyl (C=O) groups is 1. The standard InChI is InChI=1S/C27H22N4O/c1-3-15-31(16-4-2)27(32)28-18-13-14-23-24(17-18)30-26-22-12-8-6-10-20(22)19-9-5-7-11-21(19)25(26)29-23/h3-14,17H,1-2,15-16H2,(H,28,32). The van der Waals surface area contributed by atoms with Gasteiger partial charge in [0, 0.05) is 29.5 Å². The molecule has 1 heterocycles. The maximum atomic E-state index is 12.6. The van der Waals surface area contributed by atoms with E-state index in [1.807, 2.05) is 42.5 Å². The SMILES string of the molecule is C=CCN(CC=C)C(=O)Nc1ccc2nc3c4ccccc4c4ccccc4c3nc2c1. The van der Waals surface area contributed by atoms with E-state index in [0.29, 0.717) is 18.8 Å². The number of hydrogen-bond acceptors (Lipinski definition) is 3. The topological polar surface area (TPSA) is 58.1 Å². The van der Waals surface area contributed by atoms with Gasteiger partial charge in [0.25, 0.3) is 0 Å². The second-order valence-electron chi connectivity index (χ2n) is 7.63. The fourth-order valence-corrected chi connectivity index (χ4v) is 4.11. The van der Waals surface area contributed by atoms with Crippen LogP contribution in [0.5, 0.6) is 0 Å². The molecule has 5 aromatic rings. The largest absolute Gasteiger partial charge is 0.322 e. The normalized spacial score (nSPS) is 11.1. The van der Waals surface area contributed by atoms with Gasteiger partial charge in [-0.2, -0.15) is 0 Å². The second kappa shape index (κ2) is 8.12. The van der Waals surface area contributed by atoms with E-state index in [0.717, 1.165) is 43.6 Å². The predicted molar refractivity (Wildman–Crippen MR) is 133 cm³/mol. The third-order valence-electron chi connectivity index (χ3n) is 5.56. The summed E-state index contributed by atoms with van der Waals surface area (Å²) in [6.45, 7) is 8.31. The van der Waals surface area contributed by atoms with E-state index >= 15 is 0 Å². The van der Waals surface area contributed by atoms with Crippen LogP contribution >= 0.6 is 0 Å². The molecule has 0 aliphatic rings. The minimum atomic E-state index is -0.214. The van der Waals surface area contributed by atoms with Crippen molar-refractivity contribution in [1.82, 2.24) is 14.9 Å². The minimum Gasteiger partial charge on any atom is -0.317 e. The lowest BCUT2D eigenvalue weighted by Gasteiger charge is -2.20. The number of urea groups is 1. The fourth-order valence-electron chi connectivity index (χ4n) is 4.11. The Hall–Kier alpha value is -4.25. The highest BCUT2D eigenvalue weighted by Crippen LogP contribution is 2.34. The predicted octanol–water partition coefficient (Wildman–Crippen LogP) is 6.30. The molecule has 1 N–H and O–H groups in total. The Morgan fingerprint density at radius 2 is 1.31 bits per heavy atom. The lowest BCUT2D eigenvalue weighted by Crippen LogP contribution is -2.35. The van der Waals surface area contributed by atoms with E-state index in [-0.39, 0.29) is 6.03 Å². The first kappa shape index (κ1) is 19.7. The van der Waals surface area contributed by atoms with Gasteiger partial charge in [0.1, 0.15) is 0 Å². The highest BCUT2D eigenvalue weighted by Gasteiger charge is 2.14. The summed E-state index contributed by atoms with van der Waals surface area (Å²) in [4.78, 5) is 24.2. The van der Waals surface area contributed by atoms with Crippen LogP contribution in [-0.4, -0.2) is 34.0 Å². The minimum absolute atomic E-state index is 0.214. The molecule has 0 atom stereocenters. The van der Waals surface area contributed by atoms with Crippen molar-refractivity contribution < 1.29 is 4.79 Å². The van der Waals surface area contributed by atoms with E-state index in [1.165, 1.54) is 0 Å². The van der Waals surface area contributed by atoms with Gasteiger partial charge in [0.2, 0.25) is 0 Å². The fraction of sp³-hybridized carbons (Fsp3) is 0.0741. The number of nitrogens with one attached hydrogen (secondary N) is 1. The Kier molecular flexibility index (Phi) is 5.00. The van der Waals surface area contributed by atoms with Gasteiger partial charge in [-0.25, -0.2) is 14.8 Å². The second-order valence-corrected chi connectivity index (χ2v) is 7.63. The third kappa shape index (κ3) is 3.34. The summed E-state index contributed by atoms with van der Waals surface area (Å²) in [5.74, 6) is 0. The molecule has 2 amide bonds. The number of benzene rings is 4. The van der Waals surface area contributed by atoms with Gasteiger partial charge >= 0.3 is 6.03 Å². The van der Waals surface area contributed by atoms with Gasteiger partial charge in [-0.3, -0.25) is 0 Å². The van der Waals surface area contributed by atoms with Gasteiger partial charge in [0.15, 0.2) is 0 Å². The molecule has 1 aromatic heterocycles. The van der Waals surface area contributed by atoms with Crippen molar-refractivity contribution in [3.8, 4) is 0 Å². The van der Waals surface area contributed by atoms with E-state index in [9.17, 15) is 4.79 Å². The maximum Gasteiger partial charge on any atom is 0.322 e. The van der Waals surface area contributed by atoms with Crippen LogP contribution in [0.3, 0.4) is 0 Å². The molecule has 0 bridgehead atoms. The molecule has 5 nitrogen and oxygen atoms in total. The van der Waals surface area contributed by atoms with Gasteiger partial charge in [-0.1, -0.05) is 60.7 Å². The average Bonchev–Trinajstić information content (AvgIpc) is 2.83. The number of hydrogen-bond donors (Lipinski definition) is 1. The molecule has 5 heteroatoms. The van der Waals surface area contributed by atoms with E-state index in [1.54, 1.807) is 17.1 Å². The van der Waals surface area contributed by atoms with Gasteiger partial charge in [0.05, 0.1) is 22.1 Å². The van der Waals surface area contributed by atoms with Gasteiger partial charge in [-0.05, 0) is 29.0 Å². The Bertz CT molecular complexity index is 1510. The number of nitrogens with zero attached hydrogens (tertiary/aromatic N) is 3.